The molecular weight excluding hydrogens is 480 g/mol. The maximum Gasteiger partial charge on any atom is 0.339 e. The summed E-state index contributed by atoms with van der Waals surface area (Å²) in [7, 11) is -4.05. The standard InChI is InChI=1S/C21H12BrClO5S/c22-14-3-1-13(2-4-14)11-20-21(24)18-10-7-16(12-19(18)27-20)28-29(25,26)17-8-5-15(23)6-9-17/h1-12H. The van der Waals surface area contributed by atoms with Crippen LogP contribution in [0.4, 0.5) is 0 Å². The van der Waals surface area contributed by atoms with Gasteiger partial charge in [0.25, 0.3) is 0 Å². The summed E-state index contributed by atoms with van der Waals surface area (Å²) in [6.45, 7) is 0. The predicted molar refractivity (Wildman–Crippen MR) is 113 cm³/mol. The van der Waals surface area contributed by atoms with Crippen LogP contribution in [0.3, 0.4) is 0 Å². The first-order chi connectivity index (χ1) is 13.8. The number of hydrogen-bond donors (Lipinski definition) is 0. The van der Waals surface area contributed by atoms with Crippen molar-refractivity contribution in [2.45, 2.75) is 4.90 Å². The maximum atomic E-state index is 12.5. The third kappa shape index (κ3) is 4.22. The van der Waals surface area contributed by atoms with E-state index in [0.29, 0.717) is 10.6 Å². The smallest absolute Gasteiger partial charge is 0.339 e. The van der Waals surface area contributed by atoms with Gasteiger partial charge in [0.2, 0.25) is 5.78 Å². The number of carbonyl (C=O) groups excluding carboxylic acids is 1. The number of allylic oxidation sites excluding steroid dienone is 1. The number of halogens is 2. The van der Waals surface area contributed by atoms with Gasteiger partial charge in [-0.1, -0.05) is 39.7 Å². The summed E-state index contributed by atoms with van der Waals surface area (Å²) in [4.78, 5) is 12.5. The molecule has 0 aliphatic carbocycles. The van der Waals surface area contributed by atoms with Gasteiger partial charge in [-0.3, -0.25) is 4.79 Å². The zero-order valence-corrected chi connectivity index (χ0v) is 17.8. The Morgan fingerprint density at radius 3 is 2.34 bits per heavy atom. The Morgan fingerprint density at radius 1 is 0.966 bits per heavy atom. The molecule has 0 saturated heterocycles. The number of ether oxygens (including phenoxy) is 1. The SMILES string of the molecule is O=C1C(=Cc2ccc(Br)cc2)Oc2cc(OS(=O)(=O)c3ccc(Cl)cc3)ccc21. The molecule has 0 fully saturated rings. The van der Waals surface area contributed by atoms with E-state index in [9.17, 15) is 13.2 Å². The lowest BCUT2D eigenvalue weighted by Gasteiger charge is -2.08. The van der Waals surface area contributed by atoms with E-state index in [1.165, 1.54) is 42.5 Å². The fraction of sp³-hybridized carbons (Fsp3) is 0. The molecule has 0 aromatic heterocycles. The molecule has 1 aliphatic rings. The van der Waals surface area contributed by atoms with E-state index in [1.807, 2.05) is 24.3 Å². The molecule has 0 N–H and O–H groups in total. The molecule has 146 valence electrons. The van der Waals surface area contributed by atoms with E-state index < -0.39 is 10.1 Å². The highest BCUT2D eigenvalue weighted by Gasteiger charge is 2.28. The molecule has 0 atom stereocenters. The second-order valence-electron chi connectivity index (χ2n) is 6.14. The molecule has 0 spiro atoms. The van der Waals surface area contributed by atoms with Crippen molar-refractivity contribution in [2.75, 3.05) is 0 Å². The van der Waals surface area contributed by atoms with Crippen molar-refractivity contribution in [3.63, 3.8) is 0 Å². The van der Waals surface area contributed by atoms with Crippen LogP contribution in [0.1, 0.15) is 15.9 Å². The highest BCUT2D eigenvalue weighted by atomic mass is 79.9. The molecule has 5 nitrogen and oxygen atoms in total. The van der Waals surface area contributed by atoms with Crippen LogP contribution in [0.25, 0.3) is 6.08 Å². The highest BCUT2D eigenvalue weighted by Crippen LogP contribution is 2.35. The summed E-state index contributed by atoms with van der Waals surface area (Å²) in [5.41, 5.74) is 1.13. The maximum absolute atomic E-state index is 12.5. The zero-order valence-electron chi connectivity index (χ0n) is 14.6. The van der Waals surface area contributed by atoms with Gasteiger partial charge in [-0.2, -0.15) is 8.42 Å². The molecule has 3 aromatic carbocycles. The number of fused-ring (bicyclic) bond motifs is 1. The number of ketones is 1. The second kappa shape index (κ2) is 7.67. The van der Waals surface area contributed by atoms with Gasteiger partial charge < -0.3 is 8.92 Å². The lowest BCUT2D eigenvalue weighted by molar-refractivity contribution is 0.101. The van der Waals surface area contributed by atoms with Crippen molar-refractivity contribution in [1.29, 1.82) is 0 Å². The van der Waals surface area contributed by atoms with Crippen LogP contribution in [0.5, 0.6) is 11.5 Å². The second-order valence-corrected chi connectivity index (χ2v) is 9.04. The third-order valence-corrected chi connectivity index (χ3v) is 6.16. The van der Waals surface area contributed by atoms with Gasteiger partial charge in [0.15, 0.2) is 5.76 Å². The van der Waals surface area contributed by atoms with Crippen LogP contribution in [0.2, 0.25) is 5.02 Å². The fourth-order valence-corrected chi connectivity index (χ4v) is 4.02. The molecule has 0 amide bonds. The van der Waals surface area contributed by atoms with Crippen molar-refractivity contribution < 1.29 is 22.1 Å². The van der Waals surface area contributed by atoms with Crippen LogP contribution >= 0.6 is 27.5 Å². The van der Waals surface area contributed by atoms with E-state index in [4.69, 9.17) is 20.5 Å². The van der Waals surface area contributed by atoms with Gasteiger partial charge in [-0.15, -0.1) is 0 Å². The number of hydrogen-bond acceptors (Lipinski definition) is 5. The summed E-state index contributed by atoms with van der Waals surface area (Å²) >= 11 is 9.14. The molecule has 0 bridgehead atoms. The summed E-state index contributed by atoms with van der Waals surface area (Å²) in [5.74, 6) is 0.147. The highest BCUT2D eigenvalue weighted by molar-refractivity contribution is 9.10. The number of rotatable bonds is 4. The summed E-state index contributed by atoms with van der Waals surface area (Å²) < 4.78 is 36.6. The Morgan fingerprint density at radius 2 is 1.66 bits per heavy atom. The van der Waals surface area contributed by atoms with Crippen molar-refractivity contribution in [2.24, 2.45) is 0 Å². The quantitative estimate of drug-likeness (QED) is 0.357. The largest absolute Gasteiger partial charge is 0.452 e. The van der Waals surface area contributed by atoms with Crippen molar-refractivity contribution in [3.05, 3.63) is 93.1 Å². The Kier molecular flexibility index (Phi) is 5.21. The number of Topliss-reactive ketones (excluding diaryl/α,β-unsaturated/α-hetero) is 1. The molecule has 0 radical (unpaired) electrons. The normalized spacial score (nSPS) is 14.6. The van der Waals surface area contributed by atoms with Crippen LogP contribution in [0, 0.1) is 0 Å². The van der Waals surface area contributed by atoms with E-state index in [1.54, 1.807) is 6.08 Å². The van der Waals surface area contributed by atoms with Crippen LogP contribution in [-0.4, -0.2) is 14.2 Å². The Bertz CT molecular complexity index is 1230. The van der Waals surface area contributed by atoms with Crippen LogP contribution in [-0.2, 0) is 10.1 Å². The third-order valence-electron chi connectivity index (χ3n) is 4.12. The molecule has 1 aliphatic heterocycles. The minimum atomic E-state index is -4.05. The minimum absolute atomic E-state index is 0.0322. The lowest BCUT2D eigenvalue weighted by Crippen LogP contribution is -2.09. The van der Waals surface area contributed by atoms with E-state index >= 15 is 0 Å². The molecular formula is C21H12BrClO5S. The van der Waals surface area contributed by atoms with Crippen molar-refractivity contribution in [1.82, 2.24) is 0 Å². The minimum Gasteiger partial charge on any atom is -0.452 e. The van der Waals surface area contributed by atoms with Crippen LogP contribution in [0.15, 0.2) is 81.9 Å². The Labute approximate surface area is 180 Å². The Hall–Kier alpha value is -2.61. The van der Waals surface area contributed by atoms with Gasteiger partial charge in [-0.25, -0.2) is 0 Å². The Balaban J connectivity index is 1.59. The fourth-order valence-electron chi connectivity index (χ4n) is 2.71. The van der Waals surface area contributed by atoms with E-state index in [2.05, 4.69) is 15.9 Å². The average molecular weight is 492 g/mol. The monoisotopic (exact) mass is 490 g/mol. The van der Waals surface area contributed by atoms with Gasteiger partial charge in [0.05, 0.1) is 5.56 Å². The summed E-state index contributed by atoms with van der Waals surface area (Å²) in [5, 5.41) is 0.415. The van der Waals surface area contributed by atoms with Gasteiger partial charge in [0, 0.05) is 15.6 Å². The van der Waals surface area contributed by atoms with E-state index in [-0.39, 0.29) is 27.9 Å². The molecule has 1 heterocycles. The van der Waals surface area contributed by atoms with Crippen LogP contribution < -0.4 is 8.92 Å². The molecule has 3 aromatic rings. The molecule has 0 unspecified atom stereocenters. The average Bonchev–Trinajstić information content (AvgIpc) is 2.98. The van der Waals surface area contributed by atoms with Gasteiger partial charge in [-0.05, 0) is 60.2 Å². The first-order valence-corrected chi connectivity index (χ1v) is 10.9. The van der Waals surface area contributed by atoms with Crippen molar-refractivity contribution in [3.8, 4) is 11.5 Å². The summed E-state index contributed by atoms with van der Waals surface area (Å²) in [6, 6.07) is 17.3. The number of carbonyl (C=O) groups is 1. The molecule has 29 heavy (non-hydrogen) atoms. The summed E-state index contributed by atoms with van der Waals surface area (Å²) in [6.07, 6.45) is 1.62. The van der Waals surface area contributed by atoms with Gasteiger partial charge in [0.1, 0.15) is 16.4 Å². The van der Waals surface area contributed by atoms with E-state index in [0.717, 1.165) is 10.0 Å². The topological polar surface area (TPSA) is 69.7 Å². The van der Waals surface area contributed by atoms with Gasteiger partial charge >= 0.3 is 10.1 Å². The zero-order chi connectivity index (χ0) is 20.6. The molecule has 0 saturated carbocycles. The first-order valence-electron chi connectivity index (χ1n) is 8.36. The lowest BCUT2D eigenvalue weighted by atomic mass is 10.1. The molecule has 8 heteroatoms. The number of benzene rings is 3. The van der Waals surface area contributed by atoms with Crippen molar-refractivity contribution >= 4 is 49.5 Å². The predicted octanol–water partition coefficient (Wildman–Crippen LogP) is 5.49. The molecule has 4 rings (SSSR count). The first kappa shape index (κ1) is 19.7.